The van der Waals surface area contributed by atoms with Crippen LogP contribution in [0, 0.1) is 6.07 Å². The third-order valence-corrected chi connectivity index (χ3v) is 2.40. The molecule has 2 nitrogen and oxygen atoms in total. The number of hydrogen-bond donors (Lipinski definition) is 1. The van der Waals surface area contributed by atoms with Gasteiger partial charge in [-0.1, -0.05) is 26.0 Å². The van der Waals surface area contributed by atoms with E-state index in [1.807, 2.05) is 32.0 Å². The number of benzene rings is 1. The van der Waals surface area contributed by atoms with E-state index in [0.29, 0.717) is 5.92 Å². The predicted molar refractivity (Wildman–Crippen MR) is 56.1 cm³/mol. The third-order valence-electron chi connectivity index (χ3n) is 2.40. The fourth-order valence-electron chi connectivity index (χ4n) is 1.22. The van der Waals surface area contributed by atoms with Crippen LogP contribution in [0.2, 0.25) is 0 Å². The topological polar surface area (TPSA) is 29.5 Å². The standard InChI is InChI=1S/C12H17O2/c1-9(2)10-6-5-7-11(8-10)12(3,4)14-13/h6-9,13H,1-4H3. The van der Waals surface area contributed by atoms with Gasteiger partial charge in [0.25, 0.3) is 0 Å². The number of rotatable bonds is 3. The van der Waals surface area contributed by atoms with Crippen molar-refractivity contribution in [3.8, 4) is 0 Å². The molecule has 77 valence electrons. The van der Waals surface area contributed by atoms with Gasteiger partial charge in [0.15, 0.2) is 0 Å². The van der Waals surface area contributed by atoms with Gasteiger partial charge in [-0.25, -0.2) is 4.89 Å². The van der Waals surface area contributed by atoms with E-state index in [1.165, 1.54) is 5.56 Å². The van der Waals surface area contributed by atoms with Gasteiger partial charge in [0, 0.05) is 0 Å². The minimum atomic E-state index is -0.665. The van der Waals surface area contributed by atoms with Gasteiger partial charge in [-0.05, 0) is 43.0 Å². The Balaban J connectivity index is 3.05. The van der Waals surface area contributed by atoms with Crippen LogP contribution in [0.3, 0.4) is 0 Å². The van der Waals surface area contributed by atoms with Crippen molar-refractivity contribution >= 4 is 0 Å². The summed E-state index contributed by atoms with van der Waals surface area (Å²) in [6.07, 6.45) is 0. The van der Waals surface area contributed by atoms with Crippen LogP contribution in [0.25, 0.3) is 0 Å². The minimum absolute atomic E-state index is 0.459. The molecule has 0 spiro atoms. The summed E-state index contributed by atoms with van der Waals surface area (Å²) in [5.74, 6) is 0.459. The van der Waals surface area contributed by atoms with Gasteiger partial charge in [-0.15, -0.1) is 0 Å². The van der Waals surface area contributed by atoms with Crippen LogP contribution in [0.1, 0.15) is 44.7 Å². The molecule has 2 heteroatoms. The maximum absolute atomic E-state index is 8.76. The van der Waals surface area contributed by atoms with E-state index in [0.717, 1.165) is 5.56 Å². The molecule has 0 bridgehead atoms. The second kappa shape index (κ2) is 4.11. The van der Waals surface area contributed by atoms with Crippen LogP contribution < -0.4 is 0 Å². The Bertz CT molecular complexity index is 303. The Morgan fingerprint density at radius 1 is 1.36 bits per heavy atom. The molecular weight excluding hydrogens is 176 g/mol. The lowest BCUT2D eigenvalue weighted by Gasteiger charge is -2.21. The molecule has 1 N–H and O–H groups in total. The Kier molecular flexibility index (Phi) is 3.29. The van der Waals surface area contributed by atoms with Crippen LogP contribution in [-0.2, 0) is 10.5 Å². The Morgan fingerprint density at radius 2 is 2.00 bits per heavy atom. The van der Waals surface area contributed by atoms with Crippen molar-refractivity contribution in [3.63, 3.8) is 0 Å². The zero-order valence-corrected chi connectivity index (χ0v) is 9.16. The summed E-state index contributed by atoms with van der Waals surface area (Å²) in [5.41, 5.74) is 1.47. The summed E-state index contributed by atoms with van der Waals surface area (Å²) in [4.78, 5) is 4.44. The van der Waals surface area contributed by atoms with E-state index in [9.17, 15) is 0 Å². The summed E-state index contributed by atoms with van der Waals surface area (Å²) < 4.78 is 0. The summed E-state index contributed by atoms with van der Waals surface area (Å²) in [6, 6.07) is 8.89. The highest BCUT2D eigenvalue weighted by molar-refractivity contribution is 5.28. The van der Waals surface area contributed by atoms with E-state index in [1.54, 1.807) is 0 Å². The predicted octanol–water partition coefficient (Wildman–Crippen LogP) is 3.33. The molecule has 0 aliphatic rings. The van der Waals surface area contributed by atoms with Crippen molar-refractivity contribution in [3.05, 3.63) is 35.4 Å². The third kappa shape index (κ3) is 2.34. The molecule has 0 saturated carbocycles. The molecule has 0 aliphatic heterocycles. The normalized spacial score (nSPS) is 12.1. The van der Waals surface area contributed by atoms with Crippen molar-refractivity contribution in [2.24, 2.45) is 0 Å². The fourth-order valence-corrected chi connectivity index (χ4v) is 1.22. The molecule has 1 aromatic carbocycles. The van der Waals surface area contributed by atoms with Gasteiger partial charge in [-0.2, -0.15) is 0 Å². The van der Waals surface area contributed by atoms with Crippen LogP contribution >= 0.6 is 0 Å². The molecule has 1 radical (unpaired) electrons. The Labute approximate surface area is 85.5 Å². The maximum Gasteiger partial charge on any atom is 0.123 e. The average Bonchev–Trinajstić information content (AvgIpc) is 2.18. The van der Waals surface area contributed by atoms with Gasteiger partial charge in [0.05, 0.1) is 0 Å². The second-order valence-electron chi connectivity index (χ2n) is 4.31. The molecule has 0 unspecified atom stereocenters. The quantitative estimate of drug-likeness (QED) is 0.589. The first-order valence-corrected chi connectivity index (χ1v) is 4.81. The van der Waals surface area contributed by atoms with E-state index < -0.39 is 5.60 Å². The molecule has 0 atom stereocenters. The first-order chi connectivity index (χ1) is 6.47. The lowest BCUT2D eigenvalue weighted by molar-refractivity contribution is -0.318. The van der Waals surface area contributed by atoms with E-state index in [4.69, 9.17) is 5.26 Å². The minimum Gasteiger partial charge on any atom is -0.251 e. The molecule has 1 rings (SSSR count). The zero-order chi connectivity index (χ0) is 10.8. The molecule has 14 heavy (non-hydrogen) atoms. The van der Waals surface area contributed by atoms with Gasteiger partial charge in [-0.3, -0.25) is 5.26 Å². The molecule has 0 heterocycles. The van der Waals surface area contributed by atoms with Crippen molar-refractivity contribution in [2.45, 2.75) is 39.2 Å². The molecule has 0 aromatic heterocycles. The molecule has 1 aromatic rings. The maximum atomic E-state index is 8.76. The van der Waals surface area contributed by atoms with Gasteiger partial charge < -0.3 is 0 Å². The highest BCUT2D eigenvalue weighted by Crippen LogP contribution is 2.26. The van der Waals surface area contributed by atoms with E-state index >= 15 is 0 Å². The fraction of sp³-hybridized carbons (Fsp3) is 0.500. The molecule has 0 amide bonds. The van der Waals surface area contributed by atoms with Gasteiger partial charge in [0.1, 0.15) is 5.60 Å². The summed E-state index contributed by atoms with van der Waals surface area (Å²) in [7, 11) is 0. The number of hydrogen-bond acceptors (Lipinski definition) is 2. The first-order valence-electron chi connectivity index (χ1n) is 4.81. The van der Waals surface area contributed by atoms with Crippen molar-refractivity contribution in [1.82, 2.24) is 0 Å². The SMILES string of the molecule is CC(C)c1c[c]cc(C(C)(C)OO)c1. The molecule has 0 aliphatic carbocycles. The lowest BCUT2D eigenvalue weighted by atomic mass is 9.93. The molecule has 0 saturated heterocycles. The molecule has 0 fully saturated rings. The summed E-state index contributed by atoms with van der Waals surface area (Å²) >= 11 is 0. The van der Waals surface area contributed by atoms with E-state index in [2.05, 4.69) is 24.8 Å². The van der Waals surface area contributed by atoms with Crippen LogP contribution in [0.5, 0.6) is 0 Å². The monoisotopic (exact) mass is 193 g/mol. The molecular formula is C12H17O2. The smallest absolute Gasteiger partial charge is 0.123 e. The summed E-state index contributed by atoms with van der Waals surface area (Å²) in [6.45, 7) is 7.89. The van der Waals surface area contributed by atoms with Gasteiger partial charge >= 0.3 is 0 Å². The summed E-state index contributed by atoms with van der Waals surface area (Å²) in [5, 5.41) is 8.76. The van der Waals surface area contributed by atoms with Crippen molar-refractivity contribution < 1.29 is 10.1 Å². The van der Waals surface area contributed by atoms with Crippen LogP contribution in [0.15, 0.2) is 18.2 Å². The highest BCUT2D eigenvalue weighted by atomic mass is 17.1. The largest absolute Gasteiger partial charge is 0.251 e. The second-order valence-corrected chi connectivity index (χ2v) is 4.31. The lowest BCUT2D eigenvalue weighted by Crippen LogP contribution is -2.19. The van der Waals surface area contributed by atoms with E-state index in [-0.39, 0.29) is 0 Å². The first kappa shape index (κ1) is 11.2. The Hall–Kier alpha value is -0.860. The van der Waals surface area contributed by atoms with Gasteiger partial charge in [0.2, 0.25) is 0 Å². The average molecular weight is 193 g/mol. The van der Waals surface area contributed by atoms with Crippen LogP contribution in [-0.4, -0.2) is 5.26 Å². The van der Waals surface area contributed by atoms with Crippen molar-refractivity contribution in [1.29, 1.82) is 0 Å². The zero-order valence-electron chi connectivity index (χ0n) is 9.16. The van der Waals surface area contributed by atoms with Crippen molar-refractivity contribution in [2.75, 3.05) is 0 Å². The highest BCUT2D eigenvalue weighted by Gasteiger charge is 2.21. The Morgan fingerprint density at radius 3 is 2.50 bits per heavy atom. The van der Waals surface area contributed by atoms with Crippen LogP contribution in [0.4, 0.5) is 0 Å².